The van der Waals surface area contributed by atoms with Crippen LogP contribution in [0.3, 0.4) is 0 Å². The van der Waals surface area contributed by atoms with Gasteiger partial charge in [-0.25, -0.2) is 4.68 Å². The average molecular weight is 297 g/mol. The van der Waals surface area contributed by atoms with E-state index in [1.165, 1.54) is 5.56 Å². The van der Waals surface area contributed by atoms with Crippen LogP contribution in [0.15, 0.2) is 36.7 Å². The minimum absolute atomic E-state index is 0. The summed E-state index contributed by atoms with van der Waals surface area (Å²) in [4.78, 5) is 0. The Balaban J connectivity index is 0.00000147. The SMILES string of the molecule is Cl.c1ccc(CCC(C2OCCO2)n2cnnn2)cc1. The van der Waals surface area contributed by atoms with Gasteiger partial charge in [-0.3, -0.25) is 0 Å². The summed E-state index contributed by atoms with van der Waals surface area (Å²) in [6.07, 6.45) is 3.17. The first kappa shape index (κ1) is 14.9. The number of halogens is 1. The van der Waals surface area contributed by atoms with Crippen molar-refractivity contribution < 1.29 is 9.47 Å². The highest BCUT2D eigenvalue weighted by Gasteiger charge is 2.29. The molecule has 6 nitrogen and oxygen atoms in total. The monoisotopic (exact) mass is 296 g/mol. The number of ether oxygens (including phenoxy) is 2. The predicted octanol–water partition coefficient (Wildman–Crippen LogP) is 1.64. The van der Waals surface area contributed by atoms with E-state index in [0.29, 0.717) is 13.2 Å². The number of aromatic nitrogens is 4. The molecule has 1 aliphatic heterocycles. The molecule has 1 aliphatic rings. The zero-order valence-corrected chi connectivity index (χ0v) is 11.8. The largest absolute Gasteiger partial charge is 0.348 e. The minimum Gasteiger partial charge on any atom is -0.348 e. The van der Waals surface area contributed by atoms with Crippen LogP contribution in [0.5, 0.6) is 0 Å². The highest BCUT2D eigenvalue weighted by atomic mass is 35.5. The molecule has 0 aliphatic carbocycles. The van der Waals surface area contributed by atoms with E-state index >= 15 is 0 Å². The standard InChI is InChI=1S/C13H16N4O2.ClH/c1-2-4-11(5-3-1)6-7-12(13-18-8-9-19-13)17-10-14-15-16-17;/h1-5,10,12-13H,6-9H2;1H. The van der Waals surface area contributed by atoms with E-state index < -0.39 is 0 Å². The second-order valence-electron chi connectivity index (χ2n) is 4.49. The van der Waals surface area contributed by atoms with Crippen LogP contribution < -0.4 is 0 Å². The summed E-state index contributed by atoms with van der Waals surface area (Å²) in [6, 6.07) is 10.4. The van der Waals surface area contributed by atoms with Crippen LogP contribution in [0, 0.1) is 0 Å². The molecule has 1 fully saturated rings. The number of hydrogen-bond acceptors (Lipinski definition) is 5. The number of tetrazole rings is 1. The molecule has 1 atom stereocenters. The fourth-order valence-corrected chi connectivity index (χ4v) is 2.27. The minimum atomic E-state index is -0.257. The molecular weight excluding hydrogens is 280 g/mol. The van der Waals surface area contributed by atoms with Crippen molar-refractivity contribution in [3.8, 4) is 0 Å². The third-order valence-electron chi connectivity index (χ3n) is 3.24. The van der Waals surface area contributed by atoms with Gasteiger partial charge in [0, 0.05) is 0 Å². The first-order valence-electron chi connectivity index (χ1n) is 6.43. The fraction of sp³-hybridized carbons (Fsp3) is 0.462. The van der Waals surface area contributed by atoms with Crippen LogP contribution in [0.25, 0.3) is 0 Å². The van der Waals surface area contributed by atoms with Crippen LogP contribution in [-0.4, -0.2) is 39.7 Å². The topological polar surface area (TPSA) is 62.1 Å². The zero-order chi connectivity index (χ0) is 12.9. The van der Waals surface area contributed by atoms with Crippen molar-refractivity contribution in [3.05, 3.63) is 42.2 Å². The van der Waals surface area contributed by atoms with Gasteiger partial charge >= 0.3 is 0 Å². The Morgan fingerprint density at radius 1 is 1.20 bits per heavy atom. The first-order valence-corrected chi connectivity index (χ1v) is 6.43. The molecule has 2 aromatic rings. The molecule has 0 amide bonds. The molecule has 20 heavy (non-hydrogen) atoms. The lowest BCUT2D eigenvalue weighted by Gasteiger charge is -2.21. The van der Waals surface area contributed by atoms with Crippen LogP contribution in [-0.2, 0) is 15.9 Å². The van der Waals surface area contributed by atoms with Gasteiger partial charge in [-0.1, -0.05) is 30.3 Å². The van der Waals surface area contributed by atoms with Crippen LogP contribution in [0.4, 0.5) is 0 Å². The summed E-state index contributed by atoms with van der Waals surface area (Å²) >= 11 is 0. The fourth-order valence-electron chi connectivity index (χ4n) is 2.27. The average Bonchev–Trinajstić information content (AvgIpc) is 3.13. The summed E-state index contributed by atoms with van der Waals surface area (Å²) in [5.74, 6) is 0. The van der Waals surface area contributed by atoms with Gasteiger partial charge < -0.3 is 9.47 Å². The normalized spacial score (nSPS) is 16.8. The number of benzene rings is 1. The Bertz CT molecular complexity index is 488. The molecule has 0 radical (unpaired) electrons. The lowest BCUT2D eigenvalue weighted by atomic mass is 10.1. The van der Waals surface area contributed by atoms with Crippen molar-refractivity contribution in [2.75, 3.05) is 13.2 Å². The van der Waals surface area contributed by atoms with Gasteiger partial charge in [-0.05, 0) is 28.8 Å². The molecule has 0 N–H and O–H groups in total. The smallest absolute Gasteiger partial charge is 0.180 e. The summed E-state index contributed by atoms with van der Waals surface area (Å²) in [7, 11) is 0. The maximum absolute atomic E-state index is 5.59. The van der Waals surface area contributed by atoms with Crippen LogP contribution >= 0.6 is 12.4 Å². The summed E-state index contributed by atoms with van der Waals surface area (Å²) < 4.78 is 12.9. The third kappa shape index (κ3) is 3.53. The summed E-state index contributed by atoms with van der Waals surface area (Å²) in [6.45, 7) is 1.27. The van der Waals surface area contributed by atoms with Crippen molar-refractivity contribution in [2.45, 2.75) is 25.2 Å². The number of aryl methyl sites for hydroxylation is 1. The molecule has 0 bridgehead atoms. The van der Waals surface area contributed by atoms with E-state index in [1.807, 2.05) is 18.2 Å². The van der Waals surface area contributed by atoms with Gasteiger partial charge in [0.15, 0.2) is 6.29 Å². The molecule has 3 rings (SSSR count). The zero-order valence-electron chi connectivity index (χ0n) is 11.0. The Kier molecular flexibility index (Phi) is 5.46. The molecule has 0 spiro atoms. The Morgan fingerprint density at radius 2 is 1.95 bits per heavy atom. The van der Waals surface area contributed by atoms with Gasteiger partial charge in [0.25, 0.3) is 0 Å². The number of nitrogens with zero attached hydrogens (tertiary/aromatic N) is 4. The lowest BCUT2D eigenvalue weighted by molar-refractivity contribution is -0.0831. The summed E-state index contributed by atoms with van der Waals surface area (Å²) in [5, 5.41) is 11.4. The predicted molar refractivity (Wildman–Crippen MR) is 74.6 cm³/mol. The maximum Gasteiger partial charge on any atom is 0.180 e. The molecule has 1 unspecified atom stereocenters. The van der Waals surface area contributed by atoms with Crippen molar-refractivity contribution in [2.24, 2.45) is 0 Å². The van der Waals surface area contributed by atoms with E-state index in [4.69, 9.17) is 9.47 Å². The number of hydrogen-bond donors (Lipinski definition) is 0. The third-order valence-corrected chi connectivity index (χ3v) is 3.24. The molecule has 1 saturated heterocycles. The molecule has 1 aromatic heterocycles. The van der Waals surface area contributed by atoms with Gasteiger partial charge in [0.1, 0.15) is 12.4 Å². The van der Waals surface area contributed by atoms with Gasteiger partial charge in [-0.2, -0.15) is 0 Å². The van der Waals surface area contributed by atoms with Gasteiger partial charge in [0.2, 0.25) is 0 Å². The second kappa shape index (κ2) is 7.33. The maximum atomic E-state index is 5.59. The van der Waals surface area contributed by atoms with E-state index in [0.717, 1.165) is 12.8 Å². The Hall–Kier alpha value is -1.50. The van der Waals surface area contributed by atoms with E-state index in [1.54, 1.807) is 11.0 Å². The van der Waals surface area contributed by atoms with Crippen LogP contribution in [0.2, 0.25) is 0 Å². The quantitative estimate of drug-likeness (QED) is 0.839. The van der Waals surface area contributed by atoms with Gasteiger partial charge in [0.05, 0.1) is 13.2 Å². The van der Waals surface area contributed by atoms with E-state index in [-0.39, 0.29) is 24.7 Å². The van der Waals surface area contributed by atoms with Gasteiger partial charge in [-0.15, -0.1) is 17.5 Å². The second-order valence-corrected chi connectivity index (χ2v) is 4.49. The molecule has 0 saturated carbocycles. The Labute approximate surface area is 123 Å². The Morgan fingerprint density at radius 3 is 2.60 bits per heavy atom. The molecule has 1 aromatic carbocycles. The molecule has 2 heterocycles. The number of rotatable bonds is 5. The molecule has 7 heteroatoms. The molecular formula is C13H17ClN4O2. The highest BCUT2D eigenvalue weighted by Crippen LogP contribution is 2.23. The lowest BCUT2D eigenvalue weighted by Crippen LogP contribution is -2.26. The van der Waals surface area contributed by atoms with Crippen LogP contribution in [0.1, 0.15) is 18.0 Å². The van der Waals surface area contributed by atoms with Crippen molar-refractivity contribution in [1.82, 2.24) is 20.2 Å². The van der Waals surface area contributed by atoms with Crippen molar-refractivity contribution >= 4 is 12.4 Å². The summed E-state index contributed by atoms with van der Waals surface area (Å²) in [5.41, 5.74) is 1.29. The highest BCUT2D eigenvalue weighted by molar-refractivity contribution is 5.85. The van der Waals surface area contributed by atoms with E-state index in [9.17, 15) is 0 Å². The van der Waals surface area contributed by atoms with Crippen molar-refractivity contribution in [3.63, 3.8) is 0 Å². The van der Waals surface area contributed by atoms with Crippen molar-refractivity contribution in [1.29, 1.82) is 0 Å². The first-order chi connectivity index (χ1) is 9.43. The molecule has 108 valence electrons. The van der Waals surface area contributed by atoms with E-state index in [2.05, 4.69) is 27.7 Å².